The molecule has 1 unspecified atom stereocenters. The molecular weight excluding hydrogens is 298 g/mol. The lowest BCUT2D eigenvalue weighted by Crippen LogP contribution is -2.34. The smallest absolute Gasteiger partial charge is 0.309 e. The Morgan fingerprint density at radius 2 is 1.54 bits per heavy atom. The van der Waals surface area contributed by atoms with Crippen LogP contribution in [0.4, 0.5) is 0 Å². The Bertz CT molecular complexity index is 313. The highest BCUT2D eigenvalue weighted by molar-refractivity contribution is 5.73. The molecule has 0 aromatic carbocycles. The van der Waals surface area contributed by atoms with Gasteiger partial charge in [-0.15, -0.1) is 0 Å². The Morgan fingerprint density at radius 1 is 0.958 bits per heavy atom. The molecule has 0 radical (unpaired) electrons. The van der Waals surface area contributed by atoms with E-state index in [0.29, 0.717) is 12.0 Å². The summed E-state index contributed by atoms with van der Waals surface area (Å²) in [5, 5.41) is 12.8. The zero-order valence-corrected chi connectivity index (χ0v) is 17.0. The first-order valence-electron chi connectivity index (χ1n) is 10.3. The van der Waals surface area contributed by atoms with Gasteiger partial charge in [-0.05, 0) is 45.6 Å². The van der Waals surface area contributed by atoms with Crippen LogP contribution in [0, 0.1) is 11.3 Å². The molecule has 0 heterocycles. The second-order valence-electron chi connectivity index (χ2n) is 8.36. The summed E-state index contributed by atoms with van der Waals surface area (Å²) < 4.78 is 0. The lowest BCUT2D eigenvalue weighted by molar-refractivity contribution is -0.147. The summed E-state index contributed by atoms with van der Waals surface area (Å²) >= 11 is 0. The van der Waals surface area contributed by atoms with E-state index in [1.165, 1.54) is 57.8 Å². The third-order valence-corrected chi connectivity index (χ3v) is 5.14. The van der Waals surface area contributed by atoms with E-state index in [9.17, 15) is 4.79 Å². The molecule has 0 rings (SSSR count). The number of rotatable bonds is 16. The molecule has 0 saturated heterocycles. The number of aliphatic carboxylic acids is 1. The second-order valence-corrected chi connectivity index (χ2v) is 8.36. The molecule has 0 spiro atoms. The number of hydrogen-bond donors (Lipinski definition) is 2. The van der Waals surface area contributed by atoms with Crippen LogP contribution in [-0.4, -0.2) is 23.7 Å². The minimum atomic E-state index is -0.673. The fourth-order valence-electron chi connectivity index (χ4n) is 3.08. The third kappa shape index (κ3) is 11.9. The monoisotopic (exact) mass is 341 g/mol. The van der Waals surface area contributed by atoms with E-state index in [1.54, 1.807) is 0 Å². The molecule has 0 aliphatic rings. The van der Waals surface area contributed by atoms with Gasteiger partial charge in [-0.3, -0.25) is 4.79 Å². The summed E-state index contributed by atoms with van der Waals surface area (Å²) in [6, 6.07) is 0.665. The zero-order valence-electron chi connectivity index (χ0n) is 17.0. The van der Waals surface area contributed by atoms with Crippen molar-refractivity contribution in [3.8, 4) is 0 Å². The SMILES string of the molecule is CCCCCNC(CCCCCCCCC(C)(C)C(=O)O)C(C)C. The van der Waals surface area contributed by atoms with Gasteiger partial charge in [-0.2, -0.15) is 0 Å². The van der Waals surface area contributed by atoms with Crippen molar-refractivity contribution in [2.45, 2.75) is 111 Å². The van der Waals surface area contributed by atoms with Crippen LogP contribution in [0.25, 0.3) is 0 Å². The molecular formula is C21H43NO2. The van der Waals surface area contributed by atoms with E-state index in [0.717, 1.165) is 19.4 Å². The van der Waals surface area contributed by atoms with Crippen LogP contribution in [0.5, 0.6) is 0 Å². The maximum absolute atomic E-state index is 11.1. The summed E-state index contributed by atoms with van der Waals surface area (Å²) in [6.07, 6.45) is 13.3. The number of carboxylic acids is 1. The van der Waals surface area contributed by atoms with E-state index in [-0.39, 0.29) is 0 Å². The van der Waals surface area contributed by atoms with E-state index in [2.05, 4.69) is 26.1 Å². The quantitative estimate of drug-likeness (QED) is 0.337. The molecule has 0 amide bonds. The highest BCUT2D eigenvalue weighted by Crippen LogP contribution is 2.24. The van der Waals surface area contributed by atoms with E-state index in [1.807, 2.05) is 13.8 Å². The lowest BCUT2D eigenvalue weighted by atomic mass is 9.87. The first kappa shape index (κ1) is 23.4. The standard InChI is InChI=1S/C21H43NO2/c1-6-7-14-17-22-19(18(2)3)15-12-10-8-9-11-13-16-21(4,5)20(23)24/h18-19,22H,6-17H2,1-5H3,(H,23,24). The molecule has 0 fully saturated rings. The van der Waals surface area contributed by atoms with Crippen LogP contribution in [0.1, 0.15) is 105 Å². The average Bonchev–Trinajstić information content (AvgIpc) is 2.51. The normalized spacial score (nSPS) is 13.4. The van der Waals surface area contributed by atoms with Crippen LogP contribution in [0.15, 0.2) is 0 Å². The van der Waals surface area contributed by atoms with Crippen molar-refractivity contribution in [1.29, 1.82) is 0 Å². The van der Waals surface area contributed by atoms with E-state index < -0.39 is 11.4 Å². The Hall–Kier alpha value is -0.570. The van der Waals surface area contributed by atoms with Crippen LogP contribution in [0.2, 0.25) is 0 Å². The number of carbonyl (C=O) groups is 1. The average molecular weight is 342 g/mol. The van der Waals surface area contributed by atoms with Crippen LogP contribution in [0.3, 0.4) is 0 Å². The molecule has 0 aliphatic heterocycles. The Balaban J connectivity index is 3.63. The predicted molar refractivity (Wildman–Crippen MR) is 105 cm³/mol. The fraction of sp³-hybridized carbons (Fsp3) is 0.952. The maximum atomic E-state index is 11.1. The van der Waals surface area contributed by atoms with Gasteiger partial charge in [0.2, 0.25) is 0 Å². The molecule has 1 atom stereocenters. The number of unbranched alkanes of at least 4 members (excludes halogenated alkanes) is 7. The van der Waals surface area contributed by atoms with Gasteiger partial charge in [-0.25, -0.2) is 0 Å². The van der Waals surface area contributed by atoms with Crippen LogP contribution < -0.4 is 5.32 Å². The van der Waals surface area contributed by atoms with Gasteiger partial charge in [0.25, 0.3) is 0 Å². The van der Waals surface area contributed by atoms with Crippen LogP contribution in [-0.2, 0) is 4.79 Å². The number of hydrogen-bond acceptors (Lipinski definition) is 2. The maximum Gasteiger partial charge on any atom is 0.309 e. The van der Waals surface area contributed by atoms with Gasteiger partial charge >= 0.3 is 5.97 Å². The molecule has 24 heavy (non-hydrogen) atoms. The molecule has 0 bridgehead atoms. The Labute approximate surface area is 151 Å². The first-order chi connectivity index (χ1) is 11.3. The van der Waals surface area contributed by atoms with E-state index in [4.69, 9.17) is 5.11 Å². The molecule has 0 saturated carbocycles. The third-order valence-electron chi connectivity index (χ3n) is 5.14. The zero-order chi connectivity index (χ0) is 18.4. The summed E-state index contributed by atoms with van der Waals surface area (Å²) in [4.78, 5) is 11.1. The van der Waals surface area contributed by atoms with Gasteiger partial charge in [0.1, 0.15) is 0 Å². The predicted octanol–water partition coefficient (Wildman–Crippen LogP) is 6.02. The molecule has 144 valence electrons. The number of carboxylic acid groups (broad SMARTS) is 1. The second kappa shape index (κ2) is 13.7. The molecule has 3 nitrogen and oxygen atoms in total. The van der Waals surface area contributed by atoms with Gasteiger partial charge in [-0.1, -0.05) is 72.1 Å². The Morgan fingerprint density at radius 3 is 2.08 bits per heavy atom. The van der Waals surface area contributed by atoms with Crippen LogP contribution >= 0.6 is 0 Å². The van der Waals surface area contributed by atoms with Gasteiger partial charge in [0.05, 0.1) is 5.41 Å². The minimum Gasteiger partial charge on any atom is -0.481 e. The molecule has 0 aromatic rings. The van der Waals surface area contributed by atoms with Gasteiger partial charge < -0.3 is 10.4 Å². The first-order valence-corrected chi connectivity index (χ1v) is 10.3. The van der Waals surface area contributed by atoms with E-state index >= 15 is 0 Å². The molecule has 2 N–H and O–H groups in total. The number of nitrogens with one attached hydrogen (secondary N) is 1. The van der Waals surface area contributed by atoms with Crippen molar-refractivity contribution < 1.29 is 9.90 Å². The summed E-state index contributed by atoms with van der Waals surface area (Å²) in [5.41, 5.74) is -0.562. The lowest BCUT2D eigenvalue weighted by Gasteiger charge is -2.22. The van der Waals surface area contributed by atoms with Gasteiger partial charge in [0, 0.05) is 6.04 Å². The minimum absolute atomic E-state index is 0.562. The topological polar surface area (TPSA) is 49.3 Å². The van der Waals surface area contributed by atoms with Crippen molar-refractivity contribution in [3.05, 3.63) is 0 Å². The van der Waals surface area contributed by atoms with Crippen molar-refractivity contribution in [2.24, 2.45) is 11.3 Å². The highest BCUT2D eigenvalue weighted by atomic mass is 16.4. The van der Waals surface area contributed by atoms with Crippen molar-refractivity contribution in [3.63, 3.8) is 0 Å². The van der Waals surface area contributed by atoms with Crippen molar-refractivity contribution in [1.82, 2.24) is 5.32 Å². The summed E-state index contributed by atoms with van der Waals surface area (Å²) in [7, 11) is 0. The van der Waals surface area contributed by atoms with Gasteiger partial charge in [0.15, 0.2) is 0 Å². The fourth-order valence-corrected chi connectivity index (χ4v) is 3.08. The summed E-state index contributed by atoms with van der Waals surface area (Å²) in [6.45, 7) is 11.7. The molecule has 3 heteroatoms. The largest absolute Gasteiger partial charge is 0.481 e. The Kier molecular flexibility index (Phi) is 13.4. The molecule has 0 aromatic heterocycles. The molecule has 0 aliphatic carbocycles. The van der Waals surface area contributed by atoms with Crippen molar-refractivity contribution in [2.75, 3.05) is 6.54 Å². The highest BCUT2D eigenvalue weighted by Gasteiger charge is 2.25. The summed E-state index contributed by atoms with van der Waals surface area (Å²) in [5.74, 6) is 0.0403. The van der Waals surface area contributed by atoms with Crippen molar-refractivity contribution >= 4 is 5.97 Å².